The van der Waals surface area contributed by atoms with E-state index in [0.29, 0.717) is 17.5 Å². The molecule has 7 heteroatoms. The van der Waals surface area contributed by atoms with Crippen LogP contribution in [0.5, 0.6) is 5.75 Å². The summed E-state index contributed by atoms with van der Waals surface area (Å²) >= 11 is 0. The third-order valence-corrected chi connectivity index (χ3v) is 3.68. The van der Waals surface area contributed by atoms with Crippen LogP contribution in [0.25, 0.3) is 10.9 Å². The van der Waals surface area contributed by atoms with Crippen molar-refractivity contribution >= 4 is 28.5 Å². The van der Waals surface area contributed by atoms with Gasteiger partial charge in [0.15, 0.2) is 5.82 Å². The normalized spacial score (nSPS) is 10.6. The minimum atomic E-state index is 0.132. The molecule has 0 atom stereocenters. The molecule has 0 radical (unpaired) electrons. The Hall–Kier alpha value is -3.74. The zero-order valence-electron chi connectivity index (χ0n) is 13.8. The highest BCUT2D eigenvalue weighted by Gasteiger charge is 2.08. The van der Waals surface area contributed by atoms with Crippen molar-refractivity contribution in [1.29, 1.82) is 0 Å². The van der Waals surface area contributed by atoms with E-state index in [-0.39, 0.29) is 12.6 Å². The summed E-state index contributed by atoms with van der Waals surface area (Å²) in [6.07, 6.45) is 1.73. The Morgan fingerprint density at radius 1 is 0.885 bits per heavy atom. The Balaban J connectivity index is 1.54. The van der Waals surface area contributed by atoms with E-state index in [1.807, 2.05) is 60.7 Å². The zero-order valence-corrected chi connectivity index (χ0v) is 13.8. The van der Waals surface area contributed by atoms with Crippen LogP contribution < -0.4 is 15.8 Å². The summed E-state index contributed by atoms with van der Waals surface area (Å²) in [5.41, 5.74) is 7.46. The van der Waals surface area contributed by atoms with Gasteiger partial charge in [-0.2, -0.15) is 15.0 Å². The molecule has 4 aromatic rings. The Bertz CT molecular complexity index is 1030. The summed E-state index contributed by atoms with van der Waals surface area (Å²) in [5, 5.41) is 4.11. The topological polar surface area (TPSA) is 98.8 Å². The predicted molar refractivity (Wildman–Crippen MR) is 100 cm³/mol. The van der Waals surface area contributed by atoms with Crippen LogP contribution in [0.4, 0.5) is 17.6 Å². The molecule has 0 amide bonds. The van der Waals surface area contributed by atoms with Gasteiger partial charge in [-0.25, -0.2) is 0 Å². The van der Waals surface area contributed by atoms with Gasteiger partial charge in [-0.15, -0.1) is 0 Å². The van der Waals surface area contributed by atoms with Crippen LogP contribution in [-0.2, 0) is 6.61 Å². The predicted octanol–water partition coefficient (Wildman–Crippen LogP) is 3.32. The number of rotatable bonds is 5. The molecule has 0 aliphatic carbocycles. The van der Waals surface area contributed by atoms with Gasteiger partial charge in [0.25, 0.3) is 0 Å². The van der Waals surface area contributed by atoms with Crippen molar-refractivity contribution in [3.8, 4) is 5.75 Å². The van der Waals surface area contributed by atoms with Crippen LogP contribution in [0.1, 0.15) is 5.82 Å². The minimum absolute atomic E-state index is 0.132. The van der Waals surface area contributed by atoms with E-state index in [0.717, 1.165) is 16.6 Å². The van der Waals surface area contributed by atoms with Crippen molar-refractivity contribution in [3.05, 3.63) is 72.7 Å². The summed E-state index contributed by atoms with van der Waals surface area (Å²) in [5.74, 6) is 1.61. The number of anilines is 3. The molecular formula is C19H16N6O. The van der Waals surface area contributed by atoms with Gasteiger partial charge < -0.3 is 15.8 Å². The molecule has 0 saturated carbocycles. The molecular weight excluding hydrogens is 328 g/mol. The minimum Gasteiger partial charge on any atom is -0.483 e. The highest BCUT2D eigenvalue weighted by Crippen LogP contribution is 2.23. The van der Waals surface area contributed by atoms with Gasteiger partial charge in [0.1, 0.15) is 17.9 Å². The van der Waals surface area contributed by atoms with Gasteiger partial charge in [0.2, 0.25) is 11.9 Å². The Morgan fingerprint density at radius 2 is 1.73 bits per heavy atom. The lowest BCUT2D eigenvalue weighted by atomic mass is 10.2. The van der Waals surface area contributed by atoms with Gasteiger partial charge in [-0.05, 0) is 24.3 Å². The van der Waals surface area contributed by atoms with E-state index in [4.69, 9.17) is 10.5 Å². The average Bonchev–Trinajstić information content (AvgIpc) is 2.67. The van der Waals surface area contributed by atoms with Crippen LogP contribution in [-0.4, -0.2) is 19.9 Å². The molecule has 0 unspecified atom stereocenters. The number of benzene rings is 2. The highest BCUT2D eigenvalue weighted by molar-refractivity contribution is 5.84. The third-order valence-electron chi connectivity index (χ3n) is 3.68. The first-order valence-electron chi connectivity index (χ1n) is 8.07. The van der Waals surface area contributed by atoms with E-state index in [2.05, 4.69) is 25.3 Å². The van der Waals surface area contributed by atoms with Crippen LogP contribution >= 0.6 is 0 Å². The number of hydrogen-bond donors (Lipinski definition) is 2. The van der Waals surface area contributed by atoms with E-state index in [1.165, 1.54) is 0 Å². The molecule has 0 aliphatic heterocycles. The summed E-state index contributed by atoms with van der Waals surface area (Å²) in [6, 6.07) is 19.2. The maximum atomic E-state index is 5.87. The molecule has 2 aromatic carbocycles. The molecule has 128 valence electrons. The van der Waals surface area contributed by atoms with Crippen molar-refractivity contribution in [2.24, 2.45) is 0 Å². The average molecular weight is 344 g/mol. The molecule has 2 heterocycles. The van der Waals surface area contributed by atoms with Crippen LogP contribution in [0.3, 0.4) is 0 Å². The number of ether oxygens (including phenoxy) is 1. The van der Waals surface area contributed by atoms with Crippen LogP contribution in [0.15, 0.2) is 66.9 Å². The number of nitrogens with one attached hydrogen (secondary N) is 1. The van der Waals surface area contributed by atoms with Crippen molar-refractivity contribution < 1.29 is 4.74 Å². The van der Waals surface area contributed by atoms with Crippen molar-refractivity contribution in [2.75, 3.05) is 11.1 Å². The fourth-order valence-corrected chi connectivity index (χ4v) is 2.54. The van der Waals surface area contributed by atoms with Crippen molar-refractivity contribution in [2.45, 2.75) is 6.61 Å². The van der Waals surface area contributed by atoms with Gasteiger partial charge in [0, 0.05) is 17.3 Å². The molecule has 7 nitrogen and oxygen atoms in total. The van der Waals surface area contributed by atoms with Crippen LogP contribution in [0.2, 0.25) is 0 Å². The largest absolute Gasteiger partial charge is 0.483 e. The smallest absolute Gasteiger partial charge is 0.232 e. The Kier molecular flexibility index (Phi) is 4.26. The molecule has 2 aromatic heterocycles. The summed E-state index contributed by atoms with van der Waals surface area (Å²) in [7, 11) is 0. The first-order valence-corrected chi connectivity index (χ1v) is 8.07. The fraction of sp³-hybridized carbons (Fsp3) is 0.0526. The molecule has 26 heavy (non-hydrogen) atoms. The second-order valence-electron chi connectivity index (χ2n) is 5.54. The van der Waals surface area contributed by atoms with Gasteiger partial charge in [-0.1, -0.05) is 36.4 Å². The summed E-state index contributed by atoms with van der Waals surface area (Å²) in [6.45, 7) is 0.159. The molecule has 0 fully saturated rings. The first kappa shape index (κ1) is 15.8. The lowest BCUT2D eigenvalue weighted by molar-refractivity contribution is 0.299. The molecule has 0 aliphatic rings. The summed E-state index contributed by atoms with van der Waals surface area (Å²) in [4.78, 5) is 17.0. The van der Waals surface area contributed by atoms with Gasteiger partial charge in [0.05, 0.1) is 0 Å². The monoisotopic (exact) mass is 344 g/mol. The Labute approximate surface area is 149 Å². The molecule has 4 rings (SSSR count). The number of pyridine rings is 1. The third kappa shape index (κ3) is 3.51. The lowest BCUT2D eigenvalue weighted by Gasteiger charge is -2.10. The van der Waals surface area contributed by atoms with E-state index < -0.39 is 0 Å². The quantitative estimate of drug-likeness (QED) is 0.573. The van der Waals surface area contributed by atoms with Gasteiger partial charge in [-0.3, -0.25) is 4.98 Å². The maximum Gasteiger partial charge on any atom is 0.232 e. The number of nitrogens with zero attached hydrogens (tertiary/aromatic N) is 4. The number of aromatic nitrogens is 4. The number of hydrogen-bond acceptors (Lipinski definition) is 7. The standard InChI is InChI=1S/C19H16N6O/c20-18-23-16(24-19(25-18)22-14-8-2-1-3-9-14)12-26-15-10-4-6-13-7-5-11-21-17(13)15/h1-11H,12H2,(H3,20,22,23,24,25). The highest BCUT2D eigenvalue weighted by atomic mass is 16.5. The molecule has 3 N–H and O–H groups in total. The Morgan fingerprint density at radius 3 is 2.62 bits per heavy atom. The van der Waals surface area contributed by atoms with Gasteiger partial charge >= 0.3 is 0 Å². The number of para-hydroxylation sites is 2. The SMILES string of the molecule is Nc1nc(COc2cccc3cccnc23)nc(Nc2ccccc2)n1. The van der Waals surface area contributed by atoms with Crippen molar-refractivity contribution in [1.82, 2.24) is 19.9 Å². The first-order chi connectivity index (χ1) is 12.8. The second kappa shape index (κ2) is 7.02. The number of nitrogen functional groups attached to an aromatic ring is 1. The fourth-order valence-electron chi connectivity index (χ4n) is 2.54. The van der Waals surface area contributed by atoms with E-state index in [1.54, 1.807) is 6.20 Å². The van der Waals surface area contributed by atoms with E-state index >= 15 is 0 Å². The summed E-state index contributed by atoms with van der Waals surface area (Å²) < 4.78 is 5.87. The lowest BCUT2D eigenvalue weighted by Crippen LogP contribution is -2.09. The van der Waals surface area contributed by atoms with Crippen LogP contribution in [0, 0.1) is 0 Å². The molecule has 0 saturated heterocycles. The molecule has 0 spiro atoms. The number of fused-ring (bicyclic) bond motifs is 1. The molecule has 0 bridgehead atoms. The maximum absolute atomic E-state index is 5.87. The second-order valence-corrected chi connectivity index (χ2v) is 5.54. The van der Waals surface area contributed by atoms with Crippen molar-refractivity contribution in [3.63, 3.8) is 0 Å². The van der Waals surface area contributed by atoms with E-state index in [9.17, 15) is 0 Å². The zero-order chi connectivity index (χ0) is 17.8. The number of nitrogens with two attached hydrogens (primary N) is 1.